The number of carbonyl (C=O) groups excluding carboxylic acids is 1. The average Bonchev–Trinajstić information content (AvgIpc) is 3.29. The third kappa shape index (κ3) is 3.65. The summed E-state index contributed by atoms with van der Waals surface area (Å²) in [6.45, 7) is 10.6. The standard InChI is InChI=1S/C24H32N2O3S/c1-5-26-17(2)20(23-21(26)15-24(3,4)16-22(23)27)14-18-8-10-19(11-9-18)30(28,29)25-12-6-7-13-25/h8-11H,5-7,12-16H2,1-4H3. The molecule has 4 rings (SSSR count). The summed E-state index contributed by atoms with van der Waals surface area (Å²) in [5.41, 5.74) is 5.35. The lowest BCUT2D eigenvalue weighted by Crippen LogP contribution is -2.28. The van der Waals surface area contributed by atoms with Crippen LogP contribution < -0.4 is 0 Å². The lowest BCUT2D eigenvalue weighted by Gasteiger charge is -2.30. The highest BCUT2D eigenvalue weighted by molar-refractivity contribution is 7.89. The van der Waals surface area contributed by atoms with Crippen LogP contribution in [-0.2, 0) is 29.4 Å². The molecule has 2 heterocycles. The molecule has 162 valence electrons. The van der Waals surface area contributed by atoms with E-state index in [2.05, 4.69) is 32.3 Å². The van der Waals surface area contributed by atoms with Crippen LogP contribution in [0.3, 0.4) is 0 Å². The van der Waals surface area contributed by atoms with Gasteiger partial charge in [0.25, 0.3) is 0 Å². The number of nitrogens with zero attached hydrogens (tertiary/aromatic N) is 2. The fourth-order valence-electron chi connectivity index (χ4n) is 5.11. The van der Waals surface area contributed by atoms with E-state index in [0.29, 0.717) is 30.8 Å². The topological polar surface area (TPSA) is 59.4 Å². The number of hydrogen-bond donors (Lipinski definition) is 0. The number of Topliss-reactive ketones (excluding diaryl/α,β-unsaturated/α-hetero) is 1. The quantitative estimate of drug-likeness (QED) is 0.711. The number of rotatable bonds is 5. The Morgan fingerprint density at radius 2 is 1.67 bits per heavy atom. The highest BCUT2D eigenvalue weighted by Crippen LogP contribution is 2.39. The number of aromatic nitrogens is 1. The van der Waals surface area contributed by atoms with Gasteiger partial charge in [-0.2, -0.15) is 4.31 Å². The molecule has 0 atom stereocenters. The smallest absolute Gasteiger partial charge is 0.243 e. The Bertz CT molecular complexity index is 1070. The van der Waals surface area contributed by atoms with Crippen molar-refractivity contribution in [3.8, 4) is 0 Å². The SMILES string of the molecule is CCn1c(C)c(Cc2ccc(S(=O)(=O)N3CCCC3)cc2)c2c1CC(C)(C)CC2=O. The monoisotopic (exact) mass is 428 g/mol. The van der Waals surface area contributed by atoms with Crippen LogP contribution in [0.5, 0.6) is 0 Å². The summed E-state index contributed by atoms with van der Waals surface area (Å²) in [6.07, 6.45) is 4.00. The second-order valence-corrected chi connectivity index (χ2v) is 11.4. The van der Waals surface area contributed by atoms with Crippen LogP contribution in [0.4, 0.5) is 0 Å². The Hall–Kier alpha value is -1.92. The zero-order valence-corrected chi connectivity index (χ0v) is 19.3. The van der Waals surface area contributed by atoms with Gasteiger partial charge < -0.3 is 4.57 Å². The zero-order chi connectivity index (χ0) is 21.7. The van der Waals surface area contributed by atoms with Crippen molar-refractivity contribution in [3.63, 3.8) is 0 Å². The minimum Gasteiger partial charge on any atom is -0.348 e. The lowest BCUT2D eigenvalue weighted by atomic mass is 9.75. The van der Waals surface area contributed by atoms with E-state index in [0.717, 1.165) is 48.2 Å². The van der Waals surface area contributed by atoms with E-state index in [9.17, 15) is 13.2 Å². The number of sulfonamides is 1. The molecule has 1 aromatic heterocycles. The highest BCUT2D eigenvalue weighted by Gasteiger charge is 2.36. The van der Waals surface area contributed by atoms with Gasteiger partial charge in [-0.05, 0) is 68.2 Å². The molecule has 1 aliphatic heterocycles. The van der Waals surface area contributed by atoms with Crippen molar-refractivity contribution < 1.29 is 13.2 Å². The molecule has 5 nitrogen and oxygen atoms in total. The van der Waals surface area contributed by atoms with Crippen LogP contribution in [0.1, 0.15) is 72.9 Å². The van der Waals surface area contributed by atoms with Gasteiger partial charge in [-0.25, -0.2) is 8.42 Å². The van der Waals surface area contributed by atoms with Gasteiger partial charge in [0.15, 0.2) is 5.78 Å². The van der Waals surface area contributed by atoms with Crippen molar-refractivity contribution in [2.75, 3.05) is 13.1 Å². The summed E-state index contributed by atoms with van der Waals surface area (Å²) in [5.74, 6) is 0.236. The van der Waals surface area contributed by atoms with Crippen molar-refractivity contribution in [2.45, 2.75) is 71.2 Å². The molecular weight excluding hydrogens is 396 g/mol. The molecule has 0 N–H and O–H groups in total. The summed E-state index contributed by atoms with van der Waals surface area (Å²) >= 11 is 0. The first-order valence-electron chi connectivity index (χ1n) is 11.0. The normalized spacial score (nSPS) is 19.3. The van der Waals surface area contributed by atoms with Crippen molar-refractivity contribution in [1.29, 1.82) is 0 Å². The van der Waals surface area contributed by atoms with Crippen LogP contribution in [0.25, 0.3) is 0 Å². The van der Waals surface area contributed by atoms with E-state index < -0.39 is 10.0 Å². The predicted octanol–water partition coefficient (Wildman–Crippen LogP) is 4.35. The molecule has 30 heavy (non-hydrogen) atoms. The van der Waals surface area contributed by atoms with Gasteiger partial charge in [-0.3, -0.25) is 4.79 Å². The largest absolute Gasteiger partial charge is 0.348 e. The number of hydrogen-bond acceptors (Lipinski definition) is 3. The van der Waals surface area contributed by atoms with E-state index in [-0.39, 0.29) is 11.2 Å². The molecule has 0 unspecified atom stereocenters. The van der Waals surface area contributed by atoms with E-state index in [4.69, 9.17) is 0 Å². The van der Waals surface area contributed by atoms with Crippen LogP contribution >= 0.6 is 0 Å². The van der Waals surface area contributed by atoms with Gasteiger partial charge in [-0.1, -0.05) is 26.0 Å². The van der Waals surface area contributed by atoms with Crippen LogP contribution in [0, 0.1) is 12.3 Å². The van der Waals surface area contributed by atoms with Crippen molar-refractivity contribution in [3.05, 3.63) is 52.3 Å². The molecule has 1 saturated heterocycles. The summed E-state index contributed by atoms with van der Waals surface area (Å²) in [5, 5.41) is 0. The maximum absolute atomic E-state index is 13.0. The predicted molar refractivity (Wildman–Crippen MR) is 119 cm³/mol. The first-order valence-corrected chi connectivity index (χ1v) is 12.4. The molecule has 1 fully saturated rings. The van der Waals surface area contributed by atoms with Gasteiger partial charge in [0, 0.05) is 43.0 Å². The Balaban J connectivity index is 1.66. The second kappa shape index (κ2) is 7.65. The number of carbonyl (C=O) groups is 1. The third-order valence-corrected chi connectivity index (χ3v) is 8.56. The summed E-state index contributed by atoms with van der Waals surface area (Å²) in [6, 6.07) is 7.23. The fraction of sp³-hybridized carbons (Fsp3) is 0.542. The second-order valence-electron chi connectivity index (χ2n) is 9.50. The first-order chi connectivity index (χ1) is 14.1. The Kier molecular flexibility index (Phi) is 5.43. The summed E-state index contributed by atoms with van der Waals surface area (Å²) in [4.78, 5) is 13.4. The molecule has 0 saturated carbocycles. The molecule has 6 heteroatoms. The minimum absolute atomic E-state index is 0.00928. The summed E-state index contributed by atoms with van der Waals surface area (Å²) in [7, 11) is -3.40. The molecule has 1 aromatic carbocycles. The molecule has 0 spiro atoms. The Morgan fingerprint density at radius 3 is 2.27 bits per heavy atom. The molecule has 0 amide bonds. The molecular formula is C24H32N2O3S. The molecule has 0 bridgehead atoms. The van der Waals surface area contributed by atoms with Gasteiger partial charge in [0.05, 0.1) is 4.90 Å². The minimum atomic E-state index is -3.40. The van der Waals surface area contributed by atoms with E-state index in [1.54, 1.807) is 16.4 Å². The Labute approximate surface area is 180 Å². The number of fused-ring (bicyclic) bond motifs is 1. The zero-order valence-electron chi connectivity index (χ0n) is 18.5. The number of benzene rings is 1. The van der Waals surface area contributed by atoms with E-state index >= 15 is 0 Å². The molecule has 0 radical (unpaired) electrons. The van der Waals surface area contributed by atoms with Gasteiger partial charge in [0.1, 0.15) is 0 Å². The maximum atomic E-state index is 13.0. The van der Waals surface area contributed by atoms with Gasteiger partial charge in [0.2, 0.25) is 10.0 Å². The van der Waals surface area contributed by atoms with Crippen LogP contribution in [0.15, 0.2) is 29.2 Å². The van der Waals surface area contributed by atoms with Crippen molar-refractivity contribution in [2.24, 2.45) is 5.41 Å². The van der Waals surface area contributed by atoms with E-state index in [1.807, 2.05) is 12.1 Å². The highest BCUT2D eigenvalue weighted by atomic mass is 32.2. The van der Waals surface area contributed by atoms with Crippen LogP contribution in [0.2, 0.25) is 0 Å². The molecule has 2 aliphatic rings. The van der Waals surface area contributed by atoms with Crippen molar-refractivity contribution >= 4 is 15.8 Å². The van der Waals surface area contributed by atoms with Crippen LogP contribution in [-0.4, -0.2) is 36.2 Å². The Morgan fingerprint density at radius 1 is 1.03 bits per heavy atom. The molecule has 1 aliphatic carbocycles. The van der Waals surface area contributed by atoms with Crippen molar-refractivity contribution in [1.82, 2.24) is 8.87 Å². The average molecular weight is 429 g/mol. The summed E-state index contributed by atoms with van der Waals surface area (Å²) < 4.78 is 29.4. The lowest BCUT2D eigenvalue weighted by molar-refractivity contribution is 0.0909. The fourth-order valence-corrected chi connectivity index (χ4v) is 6.63. The van der Waals surface area contributed by atoms with E-state index in [1.165, 1.54) is 5.69 Å². The maximum Gasteiger partial charge on any atom is 0.243 e. The first kappa shape index (κ1) is 21.3. The number of ketones is 1. The third-order valence-electron chi connectivity index (χ3n) is 6.65. The van der Waals surface area contributed by atoms with Gasteiger partial charge in [-0.15, -0.1) is 0 Å². The van der Waals surface area contributed by atoms with Gasteiger partial charge >= 0.3 is 0 Å². The molecule has 2 aromatic rings.